The van der Waals surface area contributed by atoms with E-state index >= 15 is 0 Å². The zero-order valence-corrected chi connectivity index (χ0v) is 18.6. The van der Waals surface area contributed by atoms with Crippen molar-refractivity contribution in [2.24, 2.45) is 0 Å². The van der Waals surface area contributed by atoms with Crippen LogP contribution in [-0.4, -0.2) is 27.9 Å². The molecule has 0 radical (unpaired) electrons. The van der Waals surface area contributed by atoms with Crippen LogP contribution in [0.4, 0.5) is 5.13 Å². The summed E-state index contributed by atoms with van der Waals surface area (Å²) >= 11 is 1.28. The molecule has 2 atom stereocenters. The Morgan fingerprint density at radius 2 is 2.00 bits per heavy atom. The molecule has 0 saturated carbocycles. The zero-order chi connectivity index (χ0) is 22.4. The lowest BCUT2D eigenvalue weighted by atomic mass is 9.94. The van der Waals surface area contributed by atoms with Gasteiger partial charge in [0, 0.05) is 23.6 Å². The number of thiazole rings is 1. The van der Waals surface area contributed by atoms with Gasteiger partial charge >= 0.3 is 5.91 Å². The van der Waals surface area contributed by atoms with E-state index in [1.807, 2.05) is 37.3 Å². The highest BCUT2D eigenvalue weighted by atomic mass is 32.1. The van der Waals surface area contributed by atoms with Crippen LogP contribution in [0.25, 0.3) is 5.76 Å². The summed E-state index contributed by atoms with van der Waals surface area (Å²) in [6, 6.07) is 12.4. The molecular formula is C25H22N2O4S. The molecule has 1 saturated heterocycles. The third-order valence-corrected chi connectivity index (χ3v) is 6.71. The van der Waals surface area contributed by atoms with E-state index < -0.39 is 17.7 Å². The first kappa shape index (κ1) is 20.5. The lowest BCUT2D eigenvalue weighted by Gasteiger charge is -2.23. The number of carbonyl (C=O) groups excluding carboxylic acids is 2. The predicted molar refractivity (Wildman–Crippen MR) is 123 cm³/mol. The Labute approximate surface area is 189 Å². The number of amides is 1. The summed E-state index contributed by atoms with van der Waals surface area (Å²) in [4.78, 5) is 31.9. The molecule has 1 amide bonds. The van der Waals surface area contributed by atoms with Gasteiger partial charge in [0.1, 0.15) is 17.6 Å². The van der Waals surface area contributed by atoms with Crippen LogP contribution in [-0.2, 0) is 22.4 Å². The first-order valence-electron chi connectivity index (χ1n) is 10.6. The zero-order valence-electron chi connectivity index (χ0n) is 17.7. The van der Waals surface area contributed by atoms with Crippen LogP contribution in [0.15, 0.2) is 59.6 Å². The topological polar surface area (TPSA) is 79.7 Å². The molecule has 3 aromatic rings. The lowest BCUT2D eigenvalue weighted by molar-refractivity contribution is -0.132. The summed E-state index contributed by atoms with van der Waals surface area (Å²) in [5.74, 6) is -0.810. The van der Waals surface area contributed by atoms with E-state index in [9.17, 15) is 14.7 Å². The van der Waals surface area contributed by atoms with E-state index in [2.05, 4.69) is 11.9 Å². The Morgan fingerprint density at radius 1 is 1.22 bits per heavy atom. The van der Waals surface area contributed by atoms with Gasteiger partial charge in [-0.15, -0.1) is 11.3 Å². The van der Waals surface area contributed by atoms with E-state index in [0.717, 1.165) is 35.3 Å². The molecule has 3 heterocycles. The van der Waals surface area contributed by atoms with Gasteiger partial charge in [0.15, 0.2) is 5.13 Å². The van der Waals surface area contributed by atoms with Crippen molar-refractivity contribution >= 4 is 33.9 Å². The van der Waals surface area contributed by atoms with Crippen molar-refractivity contribution in [2.75, 3.05) is 4.90 Å². The van der Waals surface area contributed by atoms with E-state index in [-0.39, 0.29) is 17.4 Å². The van der Waals surface area contributed by atoms with Gasteiger partial charge in [-0.3, -0.25) is 14.5 Å². The minimum Gasteiger partial charge on any atom is -0.507 e. The van der Waals surface area contributed by atoms with Crippen molar-refractivity contribution in [3.05, 3.63) is 81.9 Å². The number of ketones is 1. The molecule has 7 heteroatoms. The van der Waals surface area contributed by atoms with Gasteiger partial charge in [-0.25, -0.2) is 4.98 Å². The van der Waals surface area contributed by atoms with Gasteiger partial charge in [0.05, 0.1) is 11.6 Å². The first-order chi connectivity index (χ1) is 15.5. The van der Waals surface area contributed by atoms with Crippen molar-refractivity contribution in [1.82, 2.24) is 4.98 Å². The smallest absolute Gasteiger partial charge is 0.301 e. The first-order valence-corrected chi connectivity index (χ1v) is 11.4. The lowest BCUT2D eigenvalue weighted by Crippen LogP contribution is -2.29. The molecule has 2 aromatic carbocycles. The molecule has 0 aliphatic carbocycles. The highest BCUT2D eigenvalue weighted by Gasteiger charge is 2.48. The number of rotatable bonds is 4. The molecule has 6 nitrogen and oxygen atoms in total. The number of hydrogen-bond donors (Lipinski definition) is 1. The van der Waals surface area contributed by atoms with Gasteiger partial charge < -0.3 is 9.84 Å². The number of aliphatic hydroxyl groups is 1. The normalized spacial score (nSPS) is 21.6. The molecule has 0 spiro atoms. The fourth-order valence-corrected chi connectivity index (χ4v) is 5.01. The number of aliphatic hydroxyl groups excluding tert-OH is 1. The van der Waals surface area contributed by atoms with E-state index in [4.69, 9.17) is 4.74 Å². The number of fused-ring (bicyclic) bond motifs is 1. The number of nitrogens with zero attached hydrogens (tertiary/aromatic N) is 2. The second-order valence-corrected chi connectivity index (χ2v) is 8.91. The SMILES string of the molecule is CCc1ccc([C@H]2C(=C(O)c3ccc4c(c3)C[C@@H](C)O4)C(=O)C(=O)N2c2nccs2)cc1. The maximum absolute atomic E-state index is 13.2. The summed E-state index contributed by atoms with van der Waals surface area (Å²) in [7, 11) is 0. The summed E-state index contributed by atoms with van der Waals surface area (Å²) in [6.07, 6.45) is 3.27. The van der Waals surface area contributed by atoms with Gasteiger partial charge in [-0.1, -0.05) is 31.2 Å². The number of anilines is 1. The van der Waals surface area contributed by atoms with E-state index in [1.165, 1.54) is 16.2 Å². The minimum atomic E-state index is -0.754. The number of ether oxygens (including phenoxy) is 1. The van der Waals surface area contributed by atoms with Crippen LogP contribution in [0.5, 0.6) is 5.75 Å². The van der Waals surface area contributed by atoms with Gasteiger partial charge in [0.2, 0.25) is 0 Å². The maximum Gasteiger partial charge on any atom is 0.301 e. The Balaban J connectivity index is 1.67. The Morgan fingerprint density at radius 3 is 2.69 bits per heavy atom. The largest absolute Gasteiger partial charge is 0.507 e. The van der Waals surface area contributed by atoms with Crippen molar-refractivity contribution in [3.8, 4) is 5.75 Å². The number of aryl methyl sites for hydroxylation is 1. The van der Waals surface area contributed by atoms with Crippen molar-refractivity contribution in [1.29, 1.82) is 0 Å². The molecule has 1 aromatic heterocycles. The number of aromatic nitrogens is 1. The highest BCUT2D eigenvalue weighted by Crippen LogP contribution is 2.43. The van der Waals surface area contributed by atoms with Crippen LogP contribution in [0, 0.1) is 0 Å². The van der Waals surface area contributed by atoms with Crippen LogP contribution >= 0.6 is 11.3 Å². The van der Waals surface area contributed by atoms with Gasteiger partial charge in [-0.05, 0) is 48.2 Å². The van der Waals surface area contributed by atoms with E-state index in [0.29, 0.717) is 10.7 Å². The average Bonchev–Trinajstić information content (AvgIpc) is 3.51. The Hall–Kier alpha value is -3.45. The Bertz CT molecular complexity index is 1230. The monoisotopic (exact) mass is 446 g/mol. The molecule has 162 valence electrons. The third-order valence-electron chi connectivity index (χ3n) is 5.94. The molecular weight excluding hydrogens is 424 g/mol. The fraction of sp³-hybridized carbons (Fsp3) is 0.240. The summed E-state index contributed by atoms with van der Waals surface area (Å²) in [5.41, 5.74) is 3.43. The number of hydrogen-bond acceptors (Lipinski definition) is 6. The molecule has 2 aliphatic rings. The van der Waals surface area contributed by atoms with Crippen molar-refractivity contribution < 1.29 is 19.4 Å². The molecule has 0 bridgehead atoms. The number of benzene rings is 2. The minimum absolute atomic E-state index is 0.0648. The van der Waals surface area contributed by atoms with Crippen molar-refractivity contribution in [3.63, 3.8) is 0 Å². The fourth-order valence-electron chi connectivity index (χ4n) is 4.34. The quantitative estimate of drug-likeness (QED) is 0.358. The third kappa shape index (κ3) is 3.29. The molecule has 2 aliphatic heterocycles. The van der Waals surface area contributed by atoms with Gasteiger partial charge in [0.25, 0.3) is 5.78 Å². The standard InChI is InChI=1S/C25H22N2O4S/c1-3-15-4-6-16(7-5-15)21-20(23(29)24(30)27(21)25-26-10-11-32-25)22(28)17-8-9-19-18(13-17)12-14(2)31-19/h4-11,13-14,21,28H,3,12H2,1-2H3/t14-,21+/m1/s1. The summed E-state index contributed by atoms with van der Waals surface area (Å²) in [5, 5.41) is 13.5. The number of Topliss-reactive ketones (excluding diaryl/α,β-unsaturated/α-hetero) is 1. The Kier molecular flexibility index (Phi) is 5.06. The highest BCUT2D eigenvalue weighted by molar-refractivity contribution is 7.14. The van der Waals surface area contributed by atoms with Crippen LogP contribution in [0.3, 0.4) is 0 Å². The molecule has 1 N–H and O–H groups in total. The predicted octanol–water partition coefficient (Wildman–Crippen LogP) is 4.66. The van der Waals surface area contributed by atoms with Crippen molar-refractivity contribution in [2.45, 2.75) is 38.8 Å². The molecule has 5 rings (SSSR count). The average molecular weight is 447 g/mol. The van der Waals surface area contributed by atoms with Gasteiger partial charge in [-0.2, -0.15) is 0 Å². The molecule has 32 heavy (non-hydrogen) atoms. The van der Waals surface area contributed by atoms with Crippen LogP contribution < -0.4 is 9.64 Å². The van der Waals surface area contributed by atoms with Crippen LogP contribution in [0.2, 0.25) is 0 Å². The molecule has 1 fully saturated rings. The second-order valence-electron chi connectivity index (χ2n) is 8.03. The summed E-state index contributed by atoms with van der Waals surface area (Å²) < 4.78 is 5.75. The van der Waals surface area contributed by atoms with Crippen LogP contribution in [0.1, 0.15) is 42.1 Å². The number of carbonyl (C=O) groups is 2. The second kappa shape index (κ2) is 7.91. The summed E-state index contributed by atoms with van der Waals surface area (Å²) in [6.45, 7) is 4.05. The van der Waals surface area contributed by atoms with E-state index in [1.54, 1.807) is 23.7 Å². The maximum atomic E-state index is 13.2. The molecule has 0 unspecified atom stereocenters.